The predicted molar refractivity (Wildman–Crippen MR) is 216 cm³/mol. The molecular weight excluding hydrogens is 613 g/mol. The highest BCUT2D eigenvalue weighted by molar-refractivity contribution is 5.78. The van der Waals surface area contributed by atoms with Crippen LogP contribution in [0.25, 0.3) is 0 Å². The van der Waals surface area contributed by atoms with E-state index in [1.165, 1.54) is 154 Å². The lowest BCUT2D eigenvalue weighted by Gasteiger charge is -2.10. The highest BCUT2D eigenvalue weighted by Crippen LogP contribution is 2.22. The second kappa shape index (κ2) is 32.9. The van der Waals surface area contributed by atoms with Gasteiger partial charge in [-0.05, 0) is 36.8 Å². The van der Waals surface area contributed by atoms with E-state index in [1.54, 1.807) is 0 Å². The predicted octanol–water partition coefficient (Wildman–Crippen LogP) is 14.5. The monoisotopic (exact) mass is 691 g/mol. The van der Waals surface area contributed by atoms with E-state index >= 15 is 0 Å². The molecule has 0 saturated heterocycles. The Morgan fingerprint density at radius 2 is 0.560 bits per heavy atom. The van der Waals surface area contributed by atoms with Crippen molar-refractivity contribution in [3.05, 3.63) is 71.8 Å². The summed E-state index contributed by atoms with van der Waals surface area (Å²) in [5.74, 6) is 0.500. The fraction of sp³-hybridized carbons (Fsp3) is 0.723. The van der Waals surface area contributed by atoms with Gasteiger partial charge in [0.1, 0.15) is 5.78 Å². The zero-order valence-electron chi connectivity index (χ0n) is 32.4. The third kappa shape index (κ3) is 25.9. The van der Waals surface area contributed by atoms with E-state index in [0.717, 1.165) is 62.5 Å². The molecule has 284 valence electrons. The van der Waals surface area contributed by atoms with Crippen LogP contribution in [-0.4, -0.2) is 16.0 Å². The molecule has 2 atom stereocenters. The lowest BCUT2D eigenvalue weighted by Crippen LogP contribution is -1.97. The fourth-order valence-corrected chi connectivity index (χ4v) is 7.37. The van der Waals surface area contributed by atoms with Gasteiger partial charge in [0.25, 0.3) is 0 Å². The van der Waals surface area contributed by atoms with E-state index < -0.39 is 0 Å². The van der Waals surface area contributed by atoms with Gasteiger partial charge in [-0.15, -0.1) is 0 Å². The summed E-state index contributed by atoms with van der Waals surface area (Å²) in [6, 6.07) is 20.1. The molecule has 0 bridgehead atoms. The Balaban J connectivity index is 1.19. The Morgan fingerprint density at radius 3 is 0.820 bits per heavy atom. The number of hydrogen-bond acceptors (Lipinski definition) is 3. The molecule has 0 saturated carbocycles. The van der Waals surface area contributed by atoms with Gasteiger partial charge in [-0.3, -0.25) is 4.79 Å². The molecular formula is C47H78O3. The summed E-state index contributed by atoms with van der Waals surface area (Å²) in [6.07, 6.45) is 39.2. The zero-order chi connectivity index (χ0) is 35.6. The first kappa shape index (κ1) is 44.2. The summed E-state index contributed by atoms with van der Waals surface area (Å²) < 4.78 is 0. The lowest BCUT2D eigenvalue weighted by molar-refractivity contribution is -0.119. The minimum Gasteiger partial charge on any atom is -0.388 e. The quantitative estimate of drug-likeness (QED) is 0.0700. The summed E-state index contributed by atoms with van der Waals surface area (Å²) in [4.78, 5) is 12.3. The average Bonchev–Trinajstić information content (AvgIpc) is 3.14. The minimum absolute atomic E-state index is 0.300. The molecule has 2 N–H and O–H groups in total. The molecule has 0 fully saturated rings. The van der Waals surface area contributed by atoms with Crippen LogP contribution in [-0.2, 0) is 4.79 Å². The molecule has 0 spiro atoms. The van der Waals surface area contributed by atoms with Crippen LogP contribution in [0.5, 0.6) is 0 Å². The Morgan fingerprint density at radius 1 is 0.340 bits per heavy atom. The largest absolute Gasteiger partial charge is 0.388 e. The van der Waals surface area contributed by atoms with Crippen molar-refractivity contribution in [3.8, 4) is 0 Å². The van der Waals surface area contributed by atoms with Gasteiger partial charge in [-0.25, -0.2) is 0 Å². The number of aliphatic hydroxyl groups is 2. The Labute approximate surface area is 309 Å². The maximum atomic E-state index is 12.3. The molecule has 2 unspecified atom stereocenters. The molecule has 0 radical (unpaired) electrons. The Kier molecular flexibility index (Phi) is 29.1. The number of unbranched alkanes of at least 4 members (excludes halogenated alkanes) is 26. The zero-order valence-corrected chi connectivity index (χ0v) is 32.4. The first-order valence-corrected chi connectivity index (χ1v) is 21.6. The van der Waals surface area contributed by atoms with Gasteiger partial charge in [0.05, 0.1) is 12.2 Å². The van der Waals surface area contributed by atoms with Crippen LogP contribution >= 0.6 is 0 Å². The third-order valence-electron chi connectivity index (χ3n) is 10.7. The molecule has 0 aliphatic carbocycles. The van der Waals surface area contributed by atoms with Gasteiger partial charge in [-0.1, -0.05) is 228 Å². The molecule has 0 aromatic heterocycles. The van der Waals surface area contributed by atoms with Gasteiger partial charge >= 0.3 is 0 Å². The van der Waals surface area contributed by atoms with Gasteiger partial charge < -0.3 is 10.2 Å². The molecule has 3 nitrogen and oxygen atoms in total. The second-order valence-corrected chi connectivity index (χ2v) is 15.4. The second-order valence-electron chi connectivity index (χ2n) is 15.4. The van der Waals surface area contributed by atoms with E-state index in [0.29, 0.717) is 5.78 Å². The number of benzene rings is 2. The normalized spacial score (nSPS) is 12.7. The van der Waals surface area contributed by atoms with Crippen molar-refractivity contribution in [2.75, 3.05) is 0 Å². The van der Waals surface area contributed by atoms with Crippen molar-refractivity contribution in [1.82, 2.24) is 0 Å². The molecule has 0 amide bonds. The summed E-state index contributed by atoms with van der Waals surface area (Å²) >= 11 is 0. The Hall–Kier alpha value is -1.97. The molecule has 50 heavy (non-hydrogen) atoms. The molecule has 0 aliphatic heterocycles. The van der Waals surface area contributed by atoms with Crippen molar-refractivity contribution in [3.63, 3.8) is 0 Å². The molecule has 3 heteroatoms. The van der Waals surface area contributed by atoms with E-state index in [4.69, 9.17) is 0 Å². The highest BCUT2D eigenvalue weighted by atomic mass is 16.3. The van der Waals surface area contributed by atoms with Crippen molar-refractivity contribution in [2.45, 2.75) is 218 Å². The smallest absolute Gasteiger partial charge is 0.132 e. The fourth-order valence-electron chi connectivity index (χ4n) is 7.37. The molecule has 2 rings (SSSR count). The van der Waals surface area contributed by atoms with Crippen molar-refractivity contribution in [1.29, 1.82) is 0 Å². The third-order valence-corrected chi connectivity index (χ3v) is 10.7. The summed E-state index contributed by atoms with van der Waals surface area (Å²) in [5, 5.41) is 20.5. The molecule has 0 heterocycles. The number of aliphatic hydroxyl groups excluding tert-OH is 2. The summed E-state index contributed by atoms with van der Waals surface area (Å²) in [5.41, 5.74) is 2.10. The maximum absolute atomic E-state index is 12.3. The number of ketones is 1. The molecule has 2 aromatic rings. The minimum atomic E-state index is -0.300. The van der Waals surface area contributed by atoms with Crippen LogP contribution in [0.1, 0.15) is 229 Å². The number of hydrogen-bond donors (Lipinski definition) is 2. The van der Waals surface area contributed by atoms with Crippen LogP contribution in [0.2, 0.25) is 0 Å². The number of carbonyl (C=O) groups excluding carboxylic acids is 1. The van der Waals surface area contributed by atoms with Crippen LogP contribution in [0.3, 0.4) is 0 Å². The van der Waals surface area contributed by atoms with Gasteiger partial charge in [0.2, 0.25) is 0 Å². The maximum Gasteiger partial charge on any atom is 0.132 e. The van der Waals surface area contributed by atoms with Crippen LogP contribution in [0, 0.1) is 0 Å². The topological polar surface area (TPSA) is 57.5 Å². The van der Waals surface area contributed by atoms with Crippen molar-refractivity contribution < 1.29 is 15.0 Å². The standard InChI is InChI=1S/C47H78O3/c48-45(39-31-21-17-13-9-5-1-3-7-11-15-19-23-33-41-46(49)43-35-27-25-28-36-43)40-32-22-18-14-10-6-2-4-8-12-16-20-24-34-42-47(50)44-37-29-26-30-38-44/h25-30,35-38,46-47,49-50H,1-24,31-34,39-42H2. The van der Waals surface area contributed by atoms with Gasteiger partial charge in [0.15, 0.2) is 0 Å². The average molecular weight is 691 g/mol. The van der Waals surface area contributed by atoms with Crippen LogP contribution < -0.4 is 0 Å². The summed E-state index contributed by atoms with van der Waals surface area (Å²) in [7, 11) is 0. The van der Waals surface area contributed by atoms with Gasteiger partial charge in [-0.2, -0.15) is 0 Å². The van der Waals surface area contributed by atoms with Crippen molar-refractivity contribution >= 4 is 5.78 Å². The van der Waals surface area contributed by atoms with Gasteiger partial charge in [0, 0.05) is 12.8 Å². The number of rotatable bonds is 36. The first-order chi connectivity index (χ1) is 24.7. The van der Waals surface area contributed by atoms with E-state index in [-0.39, 0.29) is 12.2 Å². The first-order valence-electron chi connectivity index (χ1n) is 21.6. The van der Waals surface area contributed by atoms with E-state index in [1.807, 2.05) is 60.7 Å². The lowest BCUT2D eigenvalue weighted by atomic mass is 10.0. The van der Waals surface area contributed by atoms with Crippen LogP contribution in [0.15, 0.2) is 60.7 Å². The van der Waals surface area contributed by atoms with Crippen molar-refractivity contribution in [2.24, 2.45) is 0 Å². The molecule has 0 aliphatic rings. The van der Waals surface area contributed by atoms with Crippen LogP contribution in [0.4, 0.5) is 0 Å². The Bertz CT molecular complexity index is 910. The summed E-state index contributed by atoms with van der Waals surface area (Å²) in [6.45, 7) is 0. The van der Waals surface area contributed by atoms with E-state index in [9.17, 15) is 15.0 Å². The number of carbonyl (C=O) groups is 1. The SMILES string of the molecule is O=C(CCCCCCCCCCCCCCCCC(O)c1ccccc1)CCCCCCCCCCCCCCCCC(O)c1ccccc1. The highest BCUT2D eigenvalue weighted by Gasteiger charge is 2.07. The van der Waals surface area contributed by atoms with E-state index in [2.05, 4.69) is 0 Å². The molecule has 2 aromatic carbocycles. The number of Topliss-reactive ketones (excluding diaryl/α,β-unsaturated/α-hetero) is 1.